The van der Waals surface area contributed by atoms with Gasteiger partial charge in [0.05, 0.1) is 19.3 Å². The molecule has 33 heavy (non-hydrogen) atoms. The van der Waals surface area contributed by atoms with Crippen LogP contribution in [-0.4, -0.2) is 31.8 Å². The summed E-state index contributed by atoms with van der Waals surface area (Å²) in [6.45, 7) is 10.0. The Morgan fingerprint density at radius 1 is 1.24 bits per heavy atom. The van der Waals surface area contributed by atoms with E-state index in [1.165, 1.54) is 12.7 Å². The van der Waals surface area contributed by atoms with E-state index in [4.69, 9.17) is 19.9 Å². The highest BCUT2D eigenvalue weighted by Crippen LogP contribution is 2.46. The van der Waals surface area contributed by atoms with Crippen molar-refractivity contribution in [1.29, 1.82) is 0 Å². The Morgan fingerprint density at radius 3 is 2.73 bits per heavy atom. The Bertz CT molecular complexity index is 1060. The normalized spacial score (nSPS) is 16.2. The zero-order valence-corrected chi connectivity index (χ0v) is 20.5. The Morgan fingerprint density at radius 2 is 2.03 bits per heavy atom. The van der Waals surface area contributed by atoms with Crippen LogP contribution in [0.5, 0.6) is 5.75 Å². The second-order valence-corrected chi connectivity index (χ2v) is 9.89. The Hall–Kier alpha value is -2.57. The third kappa shape index (κ3) is 4.59. The third-order valence-corrected chi connectivity index (χ3v) is 6.48. The summed E-state index contributed by atoms with van der Waals surface area (Å²) in [6.07, 6.45) is 2.98. The molecule has 2 aromatic rings. The number of esters is 1. The third-order valence-electron chi connectivity index (χ3n) is 6.48. The molecule has 0 amide bonds. The van der Waals surface area contributed by atoms with Crippen molar-refractivity contribution >= 4 is 11.7 Å². The largest absolute Gasteiger partial charge is 0.493 e. The van der Waals surface area contributed by atoms with Gasteiger partial charge in [0.15, 0.2) is 6.10 Å². The number of benzene rings is 2. The quantitative estimate of drug-likeness (QED) is 0.632. The number of hydrogen-bond acceptors (Lipinski definition) is 6. The molecule has 2 aliphatic heterocycles. The summed E-state index contributed by atoms with van der Waals surface area (Å²) < 4.78 is 17.5. The smallest absolute Gasteiger partial charge is 0.339 e. The summed E-state index contributed by atoms with van der Waals surface area (Å²) in [5, 5.41) is 3.56. The first-order valence-electron chi connectivity index (χ1n) is 11.9. The highest BCUT2D eigenvalue weighted by atomic mass is 16.6. The van der Waals surface area contributed by atoms with Crippen LogP contribution in [0.2, 0.25) is 0 Å². The number of hydrogen-bond donors (Lipinski definition) is 2. The summed E-state index contributed by atoms with van der Waals surface area (Å²) in [7, 11) is 1.42. The molecule has 1 unspecified atom stereocenters. The molecule has 0 aromatic heterocycles. The van der Waals surface area contributed by atoms with Crippen LogP contribution < -0.4 is 15.8 Å². The fraction of sp³-hybridized carbons (Fsp3) is 0.519. The van der Waals surface area contributed by atoms with Crippen molar-refractivity contribution in [1.82, 2.24) is 0 Å². The number of carbonyl (C=O) groups excluding carboxylic acids is 1. The van der Waals surface area contributed by atoms with Crippen molar-refractivity contribution in [2.45, 2.75) is 71.6 Å². The van der Waals surface area contributed by atoms with Gasteiger partial charge < -0.3 is 25.3 Å². The van der Waals surface area contributed by atoms with E-state index < -0.39 is 11.7 Å². The Kier molecular flexibility index (Phi) is 6.68. The van der Waals surface area contributed by atoms with E-state index in [2.05, 4.69) is 24.4 Å². The van der Waals surface area contributed by atoms with Gasteiger partial charge in [-0.05, 0) is 98.9 Å². The van der Waals surface area contributed by atoms with Crippen LogP contribution in [0, 0.1) is 6.92 Å². The summed E-state index contributed by atoms with van der Waals surface area (Å²) in [5.41, 5.74) is 14.2. The SMILES string of the molecule is COC(=O)C(OC(C)(C)C)c1c2c(c(CN)c(C)c1-c1ccc3c(c1)CCCO3)NCCC2. The average molecular weight is 453 g/mol. The second kappa shape index (κ2) is 9.35. The number of nitrogens with one attached hydrogen (secondary N) is 1. The zero-order chi connectivity index (χ0) is 23.8. The Balaban J connectivity index is 2.03. The van der Waals surface area contributed by atoms with Crippen LogP contribution in [0.1, 0.15) is 67.5 Å². The molecule has 0 aliphatic carbocycles. The molecule has 178 valence electrons. The number of aryl methyl sites for hydroxylation is 1. The lowest BCUT2D eigenvalue weighted by molar-refractivity contribution is -0.164. The molecule has 6 nitrogen and oxygen atoms in total. The maximum absolute atomic E-state index is 13.1. The summed E-state index contributed by atoms with van der Waals surface area (Å²) in [6, 6.07) is 6.34. The van der Waals surface area contributed by atoms with E-state index in [0.717, 1.165) is 83.7 Å². The average Bonchev–Trinajstić information content (AvgIpc) is 2.80. The van der Waals surface area contributed by atoms with E-state index in [1.807, 2.05) is 26.8 Å². The van der Waals surface area contributed by atoms with Gasteiger partial charge in [-0.3, -0.25) is 0 Å². The summed E-state index contributed by atoms with van der Waals surface area (Å²) in [4.78, 5) is 13.1. The van der Waals surface area contributed by atoms with Crippen LogP contribution in [0.4, 0.5) is 5.69 Å². The van der Waals surface area contributed by atoms with E-state index in [9.17, 15) is 4.79 Å². The maximum atomic E-state index is 13.1. The van der Waals surface area contributed by atoms with Gasteiger partial charge in [-0.25, -0.2) is 4.79 Å². The van der Waals surface area contributed by atoms with Gasteiger partial charge in [0.25, 0.3) is 0 Å². The van der Waals surface area contributed by atoms with Gasteiger partial charge in [-0.2, -0.15) is 0 Å². The van der Waals surface area contributed by atoms with Gasteiger partial charge in [-0.15, -0.1) is 0 Å². The zero-order valence-electron chi connectivity index (χ0n) is 20.5. The number of rotatable bonds is 5. The number of carbonyl (C=O) groups is 1. The minimum absolute atomic E-state index is 0.389. The van der Waals surface area contributed by atoms with Crippen LogP contribution in [0.15, 0.2) is 18.2 Å². The van der Waals surface area contributed by atoms with Crippen molar-refractivity contribution in [2.24, 2.45) is 5.73 Å². The number of nitrogens with two attached hydrogens (primary N) is 1. The summed E-state index contributed by atoms with van der Waals surface area (Å²) in [5.74, 6) is 0.554. The molecule has 6 heteroatoms. The molecule has 2 aliphatic rings. The summed E-state index contributed by atoms with van der Waals surface area (Å²) >= 11 is 0. The number of fused-ring (bicyclic) bond motifs is 2. The molecule has 0 radical (unpaired) electrons. The lowest BCUT2D eigenvalue weighted by atomic mass is 9.81. The molecule has 4 rings (SSSR count). The first kappa shape index (κ1) is 23.6. The van der Waals surface area contributed by atoms with Crippen molar-refractivity contribution in [3.05, 3.63) is 46.0 Å². The standard InChI is InChI=1S/C27H36N2O4/c1-16-20(15-28)24-19(9-6-12-29-24)23(25(26(30)31-5)33-27(2,3)4)22(16)18-10-11-21-17(14-18)8-7-13-32-21/h10-11,14,25,29H,6-9,12-13,15,28H2,1-5H3. The highest BCUT2D eigenvalue weighted by molar-refractivity contribution is 5.88. The first-order chi connectivity index (χ1) is 15.7. The number of anilines is 1. The van der Waals surface area contributed by atoms with Crippen molar-refractivity contribution in [2.75, 3.05) is 25.6 Å². The predicted molar refractivity (Wildman–Crippen MR) is 131 cm³/mol. The van der Waals surface area contributed by atoms with E-state index in [-0.39, 0.29) is 5.97 Å². The lowest BCUT2D eigenvalue weighted by Crippen LogP contribution is -2.31. The molecular formula is C27H36N2O4. The molecule has 0 bridgehead atoms. The van der Waals surface area contributed by atoms with Crippen molar-refractivity contribution in [3.63, 3.8) is 0 Å². The number of methoxy groups -OCH3 is 1. The van der Waals surface area contributed by atoms with Crippen molar-refractivity contribution < 1.29 is 19.0 Å². The molecule has 3 N–H and O–H groups in total. The molecular weight excluding hydrogens is 416 g/mol. The predicted octanol–water partition coefficient (Wildman–Crippen LogP) is 4.83. The van der Waals surface area contributed by atoms with Crippen LogP contribution in [0.25, 0.3) is 11.1 Å². The highest BCUT2D eigenvalue weighted by Gasteiger charge is 2.36. The van der Waals surface area contributed by atoms with Gasteiger partial charge >= 0.3 is 5.97 Å². The van der Waals surface area contributed by atoms with Crippen LogP contribution in [-0.2, 0) is 33.7 Å². The monoisotopic (exact) mass is 452 g/mol. The van der Waals surface area contributed by atoms with E-state index in [1.54, 1.807) is 0 Å². The van der Waals surface area contributed by atoms with Gasteiger partial charge in [-0.1, -0.05) is 6.07 Å². The fourth-order valence-corrected chi connectivity index (χ4v) is 5.08. The molecule has 2 heterocycles. The van der Waals surface area contributed by atoms with E-state index in [0.29, 0.717) is 6.54 Å². The van der Waals surface area contributed by atoms with Gasteiger partial charge in [0, 0.05) is 24.3 Å². The van der Waals surface area contributed by atoms with Crippen LogP contribution >= 0.6 is 0 Å². The second-order valence-electron chi connectivity index (χ2n) is 9.89. The minimum atomic E-state index is -0.837. The van der Waals surface area contributed by atoms with E-state index >= 15 is 0 Å². The van der Waals surface area contributed by atoms with Gasteiger partial charge in [0.2, 0.25) is 0 Å². The molecule has 0 saturated carbocycles. The lowest BCUT2D eigenvalue weighted by Gasteiger charge is -2.34. The first-order valence-corrected chi connectivity index (χ1v) is 11.9. The minimum Gasteiger partial charge on any atom is -0.493 e. The number of ether oxygens (including phenoxy) is 3. The topological polar surface area (TPSA) is 82.8 Å². The molecule has 2 aromatic carbocycles. The Labute approximate surface area is 196 Å². The molecule has 0 spiro atoms. The van der Waals surface area contributed by atoms with Gasteiger partial charge in [0.1, 0.15) is 5.75 Å². The maximum Gasteiger partial charge on any atom is 0.339 e. The fourth-order valence-electron chi connectivity index (χ4n) is 5.08. The molecule has 0 saturated heterocycles. The van der Waals surface area contributed by atoms with Crippen molar-refractivity contribution in [3.8, 4) is 16.9 Å². The van der Waals surface area contributed by atoms with Crippen LogP contribution in [0.3, 0.4) is 0 Å². The molecule has 0 fully saturated rings. The molecule has 1 atom stereocenters.